The molecule has 0 aliphatic carbocycles. The lowest BCUT2D eigenvalue weighted by Crippen LogP contribution is -2.46. The van der Waals surface area contributed by atoms with E-state index in [1.807, 2.05) is 24.3 Å². The number of ether oxygens (including phenoxy) is 2. The van der Waals surface area contributed by atoms with Gasteiger partial charge < -0.3 is 19.3 Å². The van der Waals surface area contributed by atoms with Crippen LogP contribution in [0.25, 0.3) is 5.69 Å². The maximum Gasteiger partial charge on any atom is 0.347 e. The van der Waals surface area contributed by atoms with Crippen molar-refractivity contribution in [2.75, 3.05) is 42.6 Å². The SMILES string of the molecule is O=c1[nH]ncn1-c1ccc(N2CCN(c3ccc(CSC4COC(Cn5cncn5)(c5ccc(F)cc5F)O4)cc3)CC2)cc1. The van der Waals surface area contributed by atoms with Crippen molar-refractivity contribution in [3.63, 3.8) is 0 Å². The Morgan fingerprint density at radius 1 is 0.911 bits per heavy atom. The second kappa shape index (κ2) is 12.5. The summed E-state index contributed by atoms with van der Waals surface area (Å²) in [6, 6.07) is 19.8. The van der Waals surface area contributed by atoms with E-state index in [9.17, 15) is 13.6 Å². The summed E-state index contributed by atoms with van der Waals surface area (Å²) in [7, 11) is 0. The molecule has 45 heavy (non-hydrogen) atoms. The minimum Gasteiger partial charge on any atom is -0.368 e. The molecule has 0 spiro atoms. The third-order valence-corrected chi connectivity index (χ3v) is 9.12. The van der Waals surface area contributed by atoms with Gasteiger partial charge in [-0.25, -0.2) is 32.9 Å². The highest BCUT2D eigenvalue weighted by molar-refractivity contribution is 7.99. The van der Waals surface area contributed by atoms with Crippen LogP contribution in [0.15, 0.2) is 90.5 Å². The van der Waals surface area contributed by atoms with E-state index in [1.165, 1.54) is 40.4 Å². The number of H-pyrrole nitrogens is 1. The molecule has 2 aromatic heterocycles. The third-order valence-electron chi connectivity index (χ3n) is 8.01. The Labute approximate surface area is 261 Å². The summed E-state index contributed by atoms with van der Waals surface area (Å²) < 4.78 is 43.9. The molecule has 1 N–H and O–H groups in total. The number of nitrogens with zero attached hydrogens (tertiary/aromatic N) is 7. The number of nitrogens with one attached hydrogen (secondary N) is 1. The summed E-state index contributed by atoms with van der Waals surface area (Å²) in [5.41, 5.74) is 3.68. The maximum absolute atomic E-state index is 14.9. The Morgan fingerprint density at radius 2 is 1.60 bits per heavy atom. The highest BCUT2D eigenvalue weighted by Gasteiger charge is 2.46. The number of benzene rings is 3. The Morgan fingerprint density at radius 3 is 2.22 bits per heavy atom. The molecule has 2 aliphatic rings. The lowest BCUT2D eigenvalue weighted by atomic mass is 10.0. The molecular weight excluding hydrogens is 602 g/mol. The largest absolute Gasteiger partial charge is 0.368 e. The van der Waals surface area contributed by atoms with Gasteiger partial charge in [0.25, 0.3) is 0 Å². The Kier molecular flexibility index (Phi) is 8.08. The van der Waals surface area contributed by atoms with Crippen LogP contribution in [0.1, 0.15) is 11.1 Å². The fourth-order valence-corrected chi connectivity index (χ4v) is 6.63. The van der Waals surface area contributed by atoms with Gasteiger partial charge in [-0.2, -0.15) is 10.2 Å². The van der Waals surface area contributed by atoms with E-state index in [0.717, 1.165) is 54.9 Å². The summed E-state index contributed by atoms with van der Waals surface area (Å²) >= 11 is 1.56. The van der Waals surface area contributed by atoms with Crippen molar-refractivity contribution in [2.24, 2.45) is 0 Å². The zero-order valence-electron chi connectivity index (χ0n) is 24.1. The van der Waals surface area contributed by atoms with Gasteiger partial charge in [0.05, 0.1) is 12.3 Å². The number of anilines is 2. The fourth-order valence-electron chi connectivity index (χ4n) is 5.67. The van der Waals surface area contributed by atoms with Crippen LogP contribution in [-0.4, -0.2) is 67.8 Å². The van der Waals surface area contributed by atoms with Crippen molar-refractivity contribution < 1.29 is 18.3 Å². The van der Waals surface area contributed by atoms with E-state index in [1.54, 1.807) is 11.8 Å². The quantitative estimate of drug-likeness (QED) is 0.259. The summed E-state index contributed by atoms with van der Waals surface area (Å²) in [6.45, 7) is 3.85. The molecule has 2 aliphatic heterocycles. The Hall–Kier alpha value is -4.53. The van der Waals surface area contributed by atoms with Crippen molar-refractivity contribution in [2.45, 2.75) is 23.5 Å². The summed E-state index contributed by atoms with van der Waals surface area (Å²) in [6.07, 6.45) is 4.36. The fraction of sp³-hybridized carbons (Fsp3) is 0.290. The molecule has 2 saturated heterocycles. The van der Waals surface area contributed by atoms with Gasteiger partial charge in [0, 0.05) is 54.9 Å². The van der Waals surface area contributed by atoms with E-state index in [2.05, 4.69) is 54.3 Å². The van der Waals surface area contributed by atoms with Crippen molar-refractivity contribution in [1.29, 1.82) is 0 Å². The van der Waals surface area contributed by atoms with Gasteiger partial charge in [0.1, 0.15) is 42.6 Å². The van der Waals surface area contributed by atoms with E-state index in [4.69, 9.17) is 9.47 Å². The van der Waals surface area contributed by atoms with Crippen molar-refractivity contribution in [3.05, 3.63) is 119 Å². The number of aromatic amines is 1. The monoisotopic (exact) mass is 632 g/mol. The minimum absolute atomic E-state index is 0.0759. The molecule has 11 nitrogen and oxygen atoms in total. The van der Waals surface area contributed by atoms with Crippen LogP contribution in [0.2, 0.25) is 0 Å². The highest BCUT2D eigenvalue weighted by Crippen LogP contribution is 2.41. The lowest BCUT2D eigenvalue weighted by molar-refractivity contribution is -0.182. The summed E-state index contributed by atoms with van der Waals surface area (Å²) in [5, 5.41) is 10.3. The third kappa shape index (κ3) is 6.21. The molecule has 0 radical (unpaired) electrons. The van der Waals surface area contributed by atoms with Gasteiger partial charge in [-0.15, -0.1) is 11.8 Å². The topological polar surface area (TPSA) is 106 Å². The first kappa shape index (κ1) is 29.2. The highest BCUT2D eigenvalue weighted by atomic mass is 32.2. The smallest absolute Gasteiger partial charge is 0.347 e. The van der Waals surface area contributed by atoms with Crippen molar-refractivity contribution in [1.82, 2.24) is 29.5 Å². The number of piperazine rings is 1. The number of thioether (sulfide) groups is 1. The average Bonchev–Trinajstić information content (AvgIpc) is 3.83. The van der Waals surface area contributed by atoms with Gasteiger partial charge in [0.2, 0.25) is 5.79 Å². The molecule has 3 aromatic carbocycles. The second-order valence-corrected chi connectivity index (χ2v) is 12.0. The number of halogens is 2. The molecule has 7 rings (SSSR count). The average molecular weight is 633 g/mol. The first-order valence-corrected chi connectivity index (χ1v) is 15.5. The van der Waals surface area contributed by atoms with Crippen LogP contribution in [0, 0.1) is 11.6 Å². The lowest BCUT2D eigenvalue weighted by Gasteiger charge is -2.37. The maximum atomic E-state index is 14.9. The molecule has 5 aromatic rings. The van der Waals surface area contributed by atoms with Crippen molar-refractivity contribution in [3.8, 4) is 5.69 Å². The summed E-state index contributed by atoms with van der Waals surface area (Å²) in [4.78, 5) is 20.5. The van der Waals surface area contributed by atoms with Crippen LogP contribution < -0.4 is 15.5 Å². The van der Waals surface area contributed by atoms with Crippen LogP contribution in [0.3, 0.4) is 0 Å². The van der Waals surface area contributed by atoms with Crippen LogP contribution >= 0.6 is 11.8 Å². The number of rotatable bonds is 9. The van der Waals surface area contributed by atoms with Gasteiger partial charge in [0.15, 0.2) is 0 Å². The van der Waals surface area contributed by atoms with Gasteiger partial charge in [-0.05, 0) is 54.1 Å². The van der Waals surface area contributed by atoms with Gasteiger partial charge >= 0.3 is 5.69 Å². The predicted octanol–water partition coefficient (Wildman–Crippen LogP) is 3.92. The van der Waals surface area contributed by atoms with E-state index in [0.29, 0.717) is 5.75 Å². The standard InChI is InChI=1S/C31H30F2N8O3S/c32-23-3-10-27(28(33)15-23)31(18-40-20-34-19-36-40)43-16-29(44-31)45-17-22-1-4-24(5-2-22)38-11-13-39(14-12-38)25-6-8-26(9-7-25)41-21-35-37-30(41)42/h1-10,15,19-21,29H,11-14,16-18H2,(H,37,42). The Balaban J connectivity index is 0.936. The number of hydrogen-bond donors (Lipinski definition) is 1. The van der Waals surface area contributed by atoms with E-state index >= 15 is 0 Å². The molecule has 232 valence electrons. The molecule has 0 saturated carbocycles. The van der Waals surface area contributed by atoms with Gasteiger partial charge in [-0.1, -0.05) is 12.1 Å². The van der Waals surface area contributed by atoms with E-state index in [-0.39, 0.29) is 29.8 Å². The molecule has 0 amide bonds. The van der Waals surface area contributed by atoms with Crippen molar-refractivity contribution >= 4 is 23.1 Å². The molecule has 0 bridgehead atoms. The van der Waals surface area contributed by atoms with Crippen LogP contribution in [0.4, 0.5) is 20.2 Å². The van der Waals surface area contributed by atoms with Crippen LogP contribution in [-0.2, 0) is 27.6 Å². The first-order valence-electron chi connectivity index (χ1n) is 14.5. The second-order valence-electron chi connectivity index (χ2n) is 10.8. The Bertz CT molecular complexity index is 1790. The van der Waals surface area contributed by atoms with Crippen LogP contribution in [0.5, 0.6) is 0 Å². The normalized spacial score (nSPS) is 20.2. The predicted molar refractivity (Wildman–Crippen MR) is 165 cm³/mol. The molecule has 4 heterocycles. The number of aromatic nitrogens is 6. The molecule has 14 heteroatoms. The van der Waals surface area contributed by atoms with E-state index < -0.39 is 17.4 Å². The molecular formula is C31H30F2N8O3S. The number of hydrogen-bond acceptors (Lipinski definition) is 9. The van der Waals surface area contributed by atoms with Gasteiger partial charge in [-0.3, -0.25) is 0 Å². The zero-order valence-corrected chi connectivity index (χ0v) is 24.9. The molecule has 2 unspecified atom stereocenters. The summed E-state index contributed by atoms with van der Waals surface area (Å²) in [5.74, 6) is -2.18. The minimum atomic E-state index is -1.45. The zero-order chi connectivity index (χ0) is 30.8. The molecule has 2 atom stereocenters. The molecule has 2 fully saturated rings. The first-order chi connectivity index (χ1) is 22.0.